The van der Waals surface area contributed by atoms with Crippen LogP contribution in [0.2, 0.25) is 0 Å². The van der Waals surface area contributed by atoms with Crippen LogP contribution in [0.5, 0.6) is 5.88 Å². The molecule has 3 rings (SSSR count). The average Bonchev–Trinajstić information content (AvgIpc) is 2.66. The van der Waals surface area contributed by atoms with Gasteiger partial charge in [-0.1, -0.05) is 22.0 Å². The summed E-state index contributed by atoms with van der Waals surface area (Å²) in [7, 11) is 0. The molecule has 0 saturated carbocycles. The highest BCUT2D eigenvalue weighted by Crippen LogP contribution is 2.18. The van der Waals surface area contributed by atoms with E-state index in [1.165, 1.54) is 0 Å². The number of hydrogen-bond donors (Lipinski definition) is 3. The summed E-state index contributed by atoms with van der Waals surface area (Å²) >= 11 is 3.29. The molecule has 2 aromatic carbocycles. The van der Waals surface area contributed by atoms with E-state index >= 15 is 0 Å². The average molecular weight is 457 g/mol. The van der Waals surface area contributed by atoms with Gasteiger partial charge in [0, 0.05) is 10.2 Å². The second kappa shape index (κ2) is 8.27. The van der Waals surface area contributed by atoms with Crippen LogP contribution in [0.25, 0.3) is 5.69 Å². The molecule has 0 bridgehead atoms. The van der Waals surface area contributed by atoms with E-state index in [-0.39, 0.29) is 5.56 Å². The van der Waals surface area contributed by atoms with E-state index in [9.17, 15) is 19.5 Å². The zero-order valence-corrected chi connectivity index (χ0v) is 17.1. The van der Waals surface area contributed by atoms with E-state index in [2.05, 4.69) is 31.2 Å². The molecule has 0 spiro atoms. The Bertz CT molecular complexity index is 1230. The van der Waals surface area contributed by atoms with Crippen LogP contribution in [0.15, 0.2) is 61.5 Å². The normalized spacial score (nSPS) is 11.0. The first-order chi connectivity index (χ1) is 13.8. The molecule has 0 atom stereocenters. The fourth-order valence-electron chi connectivity index (χ4n) is 2.57. The molecule has 29 heavy (non-hydrogen) atoms. The third-order valence-electron chi connectivity index (χ3n) is 4.28. The molecule has 0 saturated heterocycles. The van der Waals surface area contributed by atoms with Crippen LogP contribution < -0.4 is 16.6 Å². The van der Waals surface area contributed by atoms with Crippen molar-refractivity contribution in [2.45, 2.75) is 13.8 Å². The number of aromatic nitrogens is 2. The number of aromatic hydroxyl groups is 1. The van der Waals surface area contributed by atoms with Crippen molar-refractivity contribution in [2.24, 2.45) is 4.99 Å². The summed E-state index contributed by atoms with van der Waals surface area (Å²) in [6.07, 6.45) is 0.916. The van der Waals surface area contributed by atoms with Gasteiger partial charge in [0.15, 0.2) is 0 Å². The molecule has 148 valence electrons. The maximum absolute atomic E-state index is 12.2. The summed E-state index contributed by atoms with van der Waals surface area (Å²) in [4.78, 5) is 42.1. The Morgan fingerprint density at radius 1 is 1.14 bits per heavy atom. The van der Waals surface area contributed by atoms with Gasteiger partial charge in [0.2, 0.25) is 5.88 Å². The maximum Gasteiger partial charge on any atom is 0.345 e. The fourth-order valence-corrected chi connectivity index (χ4v) is 2.84. The first-order valence-electron chi connectivity index (χ1n) is 8.53. The molecule has 8 nitrogen and oxygen atoms in total. The number of aromatic amines is 1. The predicted octanol–water partition coefficient (Wildman–Crippen LogP) is 3.26. The Kier molecular flexibility index (Phi) is 5.79. The number of urea groups is 1. The van der Waals surface area contributed by atoms with Gasteiger partial charge in [-0.3, -0.25) is 9.78 Å². The Balaban J connectivity index is 1.95. The van der Waals surface area contributed by atoms with Crippen molar-refractivity contribution in [1.29, 1.82) is 0 Å². The quantitative estimate of drug-likeness (QED) is 0.524. The lowest BCUT2D eigenvalue weighted by molar-refractivity contribution is 0.259. The van der Waals surface area contributed by atoms with Gasteiger partial charge in [-0.05, 0) is 61.4 Å². The number of H-pyrrole nitrogens is 1. The summed E-state index contributed by atoms with van der Waals surface area (Å²) in [6, 6.07) is 11.2. The number of anilines is 1. The van der Waals surface area contributed by atoms with Gasteiger partial charge >= 0.3 is 11.7 Å². The molecule has 0 unspecified atom stereocenters. The van der Waals surface area contributed by atoms with E-state index in [1.807, 2.05) is 13.8 Å². The van der Waals surface area contributed by atoms with Gasteiger partial charge in [0.1, 0.15) is 5.56 Å². The minimum absolute atomic E-state index is 0.311. The SMILES string of the molecule is Cc1ccc(-n2c(O)c(C=NC(=O)Nc3ccc(Br)cc3)c(=O)[nH]c2=O)cc1C. The van der Waals surface area contributed by atoms with Crippen LogP contribution in [0.3, 0.4) is 0 Å². The Hall–Kier alpha value is -3.46. The third kappa shape index (κ3) is 4.52. The molecule has 3 aromatic rings. The first-order valence-corrected chi connectivity index (χ1v) is 9.32. The summed E-state index contributed by atoms with van der Waals surface area (Å²) in [5.74, 6) is -0.609. The molecule has 1 heterocycles. The highest BCUT2D eigenvalue weighted by molar-refractivity contribution is 9.10. The molecular formula is C20H17BrN4O4. The highest BCUT2D eigenvalue weighted by Gasteiger charge is 2.15. The lowest BCUT2D eigenvalue weighted by Gasteiger charge is -2.11. The van der Waals surface area contributed by atoms with Crippen molar-refractivity contribution in [3.63, 3.8) is 0 Å². The number of aliphatic imine (C=N–C) groups is 1. The van der Waals surface area contributed by atoms with Gasteiger partial charge in [-0.15, -0.1) is 0 Å². The molecule has 1 aromatic heterocycles. The molecule has 3 N–H and O–H groups in total. The number of rotatable bonds is 3. The largest absolute Gasteiger partial charge is 0.493 e. The van der Waals surface area contributed by atoms with E-state index in [0.29, 0.717) is 11.4 Å². The molecule has 9 heteroatoms. The maximum atomic E-state index is 12.2. The lowest BCUT2D eigenvalue weighted by atomic mass is 10.1. The molecule has 0 aliphatic rings. The van der Waals surface area contributed by atoms with Gasteiger partial charge in [0.05, 0.1) is 11.9 Å². The number of amides is 2. The summed E-state index contributed by atoms with van der Waals surface area (Å²) in [5, 5.41) is 13.0. The van der Waals surface area contributed by atoms with Crippen molar-refractivity contribution < 1.29 is 9.90 Å². The van der Waals surface area contributed by atoms with Crippen molar-refractivity contribution in [2.75, 3.05) is 5.32 Å². The number of aryl methyl sites for hydroxylation is 2. The lowest BCUT2D eigenvalue weighted by Crippen LogP contribution is -2.31. The molecule has 0 aliphatic heterocycles. The van der Waals surface area contributed by atoms with Crippen LogP contribution >= 0.6 is 15.9 Å². The van der Waals surface area contributed by atoms with Gasteiger partial charge in [-0.25, -0.2) is 19.1 Å². The van der Waals surface area contributed by atoms with E-state index in [1.54, 1.807) is 42.5 Å². The smallest absolute Gasteiger partial charge is 0.345 e. The Morgan fingerprint density at radius 3 is 2.48 bits per heavy atom. The van der Waals surface area contributed by atoms with Crippen molar-refractivity contribution in [3.05, 3.63) is 84.5 Å². The second-order valence-electron chi connectivity index (χ2n) is 6.30. The number of carbonyl (C=O) groups is 1. The number of halogens is 1. The van der Waals surface area contributed by atoms with E-state index in [0.717, 1.165) is 26.4 Å². The number of benzene rings is 2. The van der Waals surface area contributed by atoms with Crippen LogP contribution in [0.4, 0.5) is 10.5 Å². The topological polar surface area (TPSA) is 117 Å². The van der Waals surface area contributed by atoms with Crippen LogP contribution in [0, 0.1) is 13.8 Å². The monoisotopic (exact) mass is 456 g/mol. The van der Waals surface area contributed by atoms with Gasteiger partial charge in [0.25, 0.3) is 5.56 Å². The van der Waals surface area contributed by atoms with Gasteiger partial charge in [-0.2, -0.15) is 0 Å². The highest BCUT2D eigenvalue weighted by atomic mass is 79.9. The van der Waals surface area contributed by atoms with Crippen LogP contribution in [0.1, 0.15) is 16.7 Å². The van der Waals surface area contributed by atoms with E-state index in [4.69, 9.17) is 0 Å². The third-order valence-corrected chi connectivity index (χ3v) is 4.80. The number of nitrogens with zero attached hydrogens (tertiary/aromatic N) is 2. The second-order valence-corrected chi connectivity index (χ2v) is 7.21. The van der Waals surface area contributed by atoms with Crippen LogP contribution in [-0.4, -0.2) is 26.9 Å². The summed E-state index contributed by atoms with van der Waals surface area (Å²) in [5.41, 5.74) is 0.837. The number of nitrogens with one attached hydrogen (secondary N) is 2. The molecule has 0 aliphatic carbocycles. The van der Waals surface area contributed by atoms with Gasteiger partial charge < -0.3 is 10.4 Å². The fraction of sp³-hybridized carbons (Fsp3) is 0.100. The first kappa shape index (κ1) is 20.3. The Morgan fingerprint density at radius 2 is 1.83 bits per heavy atom. The number of hydrogen-bond acceptors (Lipinski definition) is 4. The molecule has 0 radical (unpaired) electrons. The molecule has 0 fully saturated rings. The minimum atomic E-state index is -0.854. The Labute approximate surface area is 173 Å². The van der Waals surface area contributed by atoms with Crippen molar-refractivity contribution in [1.82, 2.24) is 9.55 Å². The minimum Gasteiger partial charge on any atom is -0.493 e. The molecule has 2 amide bonds. The zero-order valence-electron chi connectivity index (χ0n) is 15.6. The zero-order chi connectivity index (χ0) is 21.1. The standard InChI is InChI=1S/C20H17BrN4O4/c1-11-3-8-15(9-12(11)2)25-18(27)16(17(26)24-20(25)29)10-22-19(28)23-14-6-4-13(21)5-7-14/h3-10,27H,1-2H3,(H,23,28)(H,24,26,29). The summed E-state index contributed by atoms with van der Waals surface area (Å²) in [6.45, 7) is 3.78. The molecular weight excluding hydrogens is 440 g/mol. The summed E-state index contributed by atoms with van der Waals surface area (Å²) < 4.78 is 1.80. The van der Waals surface area contributed by atoms with Crippen molar-refractivity contribution in [3.8, 4) is 11.6 Å². The predicted molar refractivity (Wildman–Crippen MR) is 115 cm³/mol. The van der Waals surface area contributed by atoms with E-state index < -0.39 is 23.2 Å². The van der Waals surface area contributed by atoms with Crippen molar-refractivity contribution >= 4 is 33.9 Å². The number of carbonyl (C=O) groups excluding carboxylic acids is 1. The van der Waals surface area contributed by atoms with Crippen LogP contribution in [-0.2, 0) is 0 Å².